The summed E-state index contributed by atoms with van der Waals surface area (Å²) in [5, 5.41) is 14.1. The molecule has 3 N–H and O–H groups in total. The number of hydrogen-bond acceptors (Lipinski definition) is 8. The lowest BCUT2D eigenvalue weighted by Crippen LogP contribution is -2.41. The molecule has 0 saturated carbocycles. The molecular formula is C39H45N3O9. The summed E-state index contributed by atoms with van der Waals surface area (Å²) >= 11 is 0. The Morgan fingerprint density at radius 3 is 2.27 bits per heavy atom. The van der Waals surface area contributed by atoms with Crippen LogP contribution in [0.15, 0.2) is 89.9 Å². The molecule has 0 aliphatic heterocycles. The number of nitrogens with one attached hydrogen (secondary N) is 2. The second-order valence-electron chi connectivity index (χ2n) is 13.1. The Morgan fingerprint density at radius 2 is 1.59 bits per heavy atom. The maximum absolute atomic E-state index is 13.4. The minimum atomic E-state index is -1.08. The van der Waals surface area contributed by atoms with E-state index in [1.54, 1.807) is 72.5 Å². The molecule has 0 fully saturated rings. The van der Waals surface area contributed by atoms with E-state index in [0.29, 0.717) is 49.4 Å². The lowest BCUT2D eigenvalue weighted by Gasteiger charge is -2.30. The highest BCUT2D eigenvalue weighted by atomic mass is 16.5. The lowest BCUT2D eigenvalue weighted by atomic mass is 9.89. The second-order valence-corrected chi connectivity index (χ2v) is 13.1. The fraction of sp³-hybridized carbons (Fsp3) is 0.359. The van der Waals surface area contributed by atoms with E-state index in [1.165, 1.54) is 6.07 Å². The Labute approximate surface area is 297 Å². The summed E-state index contributed by atoms with van der Waals surface area (Å²) in [5.74, 6) is 2.16. The van der Waals surface area contributed by atoms with E-state index in [2.05, 4.69) is 10.6 Å². The van der Waals surface area contributed by atoms with Crippen LogP contribution in [-0.2, 0) is 15.9 Å². The van der Waals surface area contributed by atoms with Gasteiger partial charge in [0.15, 0.2) is 0 Å². The number of methoxy groups -OCH3 is 1. The molecular weight excluding hydrogens is 654 g/mol. The van der Waals surface area contributed by atoms with Crippen molar-refractivity contribution in [2.75, 3.05) is 45.4 Å². The predicted octanol–water partition coefficient (Wildman–Crippen LogP) is 6.53. The van der Waals surface area contributed by atoms with E-state index >= 15 is 0 Å². The summed E-state index contributed by atoms with van der Waals surface area (Å²) in [6.07, 6.45) is 1.92. The summed E-state index contributed by atoms with van der Waals surface area (Å²) in [5.41, 5.74) is 2.16. The van der Waals surface area contributed by atoms with Gasteiger partial charge >= 0.3 is 6.09 Å². The van der Waals surface area contributed by atoms with Gasteiger partial charge in [0.2, 0.25) is 0 Å². The van der Waals surface area contributed by atoms with Crippen molar-refractivity contribution in [3.63, 3.8) is 0 Å². The Balaban J connectivity index is 1.06. The predicted molar refractivity (Wildman–Crippen MR) is 193 cm³/mol. The number of anilines is 1. The van der Waals surface area contributed by atoms with Gasteiger partial charge in [0, 0.05) is 18.4 Å². The van der Waals surface area contributed by atoms with Crippen LogP contribution in [0.2, 0.25) is 0 Å². The first-order valence-corrected chi connectivity index (χ1v) is 16.9. The van der Waals surface area contributed by atoms with Crippen molar-refractivity contribution < 1.29 is 38.4 Å². The molecule has 270 valence electrons. The third-order valence-corrected chi connectivity index (χ3v) is 8.59. The Morgan fingerprint density at radius 1 is 0.902 bits per heavy atom. The molecule has 0 radical (unpaired) electrons. The number of benzene rings is 3. The van der Waals surface area contributed by atoms with Gasteiger partial charge in [-0.1, -0.05) is 32.9 Å². The van der Waals surface area contributed by atoms with Crippen LogP contribution in [0.3, 0.4) is 0 Å². The van der Waals surface area contributed by atoms with E-state index in [0.717, 1.165) is 29.7 Å². The zero-order valence-corrected chi connectivity index (χ0v) is 29.3. The van der Waals surface area contributed by atoms with Gasteiger partial charge in [-0.25, -0.2) is 4.79 Å². The number of hydrogen-bond donors (Lipinski definition) is 3. The average Bonchev–Trinajstić information content (AvgIpc) is 3.54. The number of aromatic nitrogens is 1. The minimum absolute atomic E-state index is 0.0639. The summed E-state index contributed by atoms with van der Waals surface area (Å²) in [4.78, 5) is 37.4. The third-order valence-electron chi connectivity index (χ3n) is 8.59. The lowest BCUT2D eigenvalue weighted by molar-refractivity contribution is -0.0435. The highest BCUT2D eigenvalue weighted by molar-refractivity contribution is 6.04. The SMILES string of the molecule is COc1cccc2c1CCC2n1cccc(C(=O)Nc2ccc(Oc3ccc(OCCOCCOC(CNC(=O)O)C(C)(C)C)cc3)cc2)c1=O. The number of carbonyl (C=O) groups excluding carboxylic acids is 1. The summed E-state index contributed by atoms with van der Waals surface area (Å²) in [6.45, 7) is 7.58. The standard InChI is InChI=1S/C39H45N3O9/c1-39(2,3)35(25-40-38(45)46)50-24-22-48-21-23-49-27-14-16-29(17-15-27)51-28-12-10-26(11-13-28)41-36(43)32-8-6-20-42(37(32)44)33-19-18-31-30(33)7-5-9-34(31)47-4/h5-17,20,33,35,40H,18-19,21-25H2,1-4H3,(H,41,43)(H,45,46). The van der Waals surface area contributed by atoms with E-state index in [4.69, 9.17) is 28.8 Å². The van der Waals surface area contributed by atoms with Crippen molar-refractivity contribution in [3.05, 3.63) is 112 Å². The monoisotopic (exact) mass is 699 g/mol. The van der Waals surface area contributed by atoms with E-state index in [9.17, 15) is 14.4 Å². The Hall–Kier alpha value is -5.33. The molecule has 12 nitrogen and oxygen atoms in total. The van der Waals surface area contributed by atoms with Crippen LogP contribution in [0.25, 0.3) is 0 Å². The van der Waals surface area contributed by atoms with Crippen molar-refractivity contribution in [3.8, 4) is 23.0 Å². The Kier molecular flexibility index (Phi) is 12.4. The molecule has 0 bridgehead atoms. The number of fused-ring (bicyclic) bond motifs is 1. The first-order valence-electron chi connectivity index (χ1n) is 16.9. The molecule has 4 aromatic rings. The second kappa shape index (κ2) is 17.1. The molecule has 51 heavy (non-hydrogen) atoms. The van der Waals surface area contributed by atoms with Crippen molar-refractivity contribution in [2.45, 2.75) is 45.8 Å². The molecule has 2 atom stereocenters. The molecule has 1 aliphatic carbocycles. The highest BCUT2D eigenvalue weighted by Gasteiger charge is 2.28. The molecule has 1 aromatic heterocycles. The zero-order valence-electron chi connectivity index (χ0n) is 29.3. The van der Waals surface area contributed by atoms with Gasteiger partial charge in [-0.15, -0.1) is 0 Å². The van der Waals surface area contributed by atoms with Gasteiger partial charge in [-0.05, 0) is 96.1 Å². The van der Waals surface area contributed by atoms with Crippen LogP contribution < -0.4 is 30.4 Å². The smallest absolute Gasteiger partial charge is 0.404 e. The fourth-order valence-corrected chi connectivity index (χ4v) is 5.92. The molecule has 0 spiro atoms. The number of carbonyl (C=O) groups is 2. The molecule has 5 rings (SSSR count). The number of nitrogens with zero attached hydrogens (tertiary/aromatic N) is 1. The first kappa shape index (κ1) is 36.9. The van der Waals surface area contributed by atoms with E-state index in [-0.39, 0.29) is 35.2 Å². The molecule has 1 aliphatic rings. The van der Waals surface area contributed by atoms with Gasteiger partial charge in [0.1, 0.15) is 35.2 Å². The van der Waals surface area contributed by atoms with Gasteiger partial charge < -0.3 is 44.0 Å². The molecule has 2 amide bonds. The molecule has 3 aromatic carbocycles. The summed E-state index contributed by atoms with van der Waals surface area (Å²) in [6, 6.07) is 23.0. The normalized spacial score (nSPS) is 14.3. The first-order chi connectivity index (χ1) is 24.5. The number of amides is 2. The van der Waals surface area contributed by atoms with Crippen LogP contribution in [0.4, 0.5) is 10.5 Å². The fourth-order valence-electron chi connectivity index (χ4n) is 5.92. The van der Waals surface area contributed by atoms with Gasteiger partial charge in [0.25, 0.3) is 11.5 Å². The van der Waals surface area contributed by atoms with Crippen LogP contribution in [0.5, 0.6) is 23.0 Å². The average molecular weight is 700 g/mol. The van der Waals surface area contributed by atoms with Crippen LogP contribution >= 0.6 is 0 Å². The van der Waals surface area contributed by atoms with Crippen molar-refractivity contribution in [1.29, 1.82) is 0 Å². The maximum atomic E-state index is 13.4. The van der Waals surface area contributed by atoms with Crippen LogP contribution in [-0.4, -0.2) is 67.9 Å². The quantitative estimate of drug-likeness (QED) is 0.111. The zero-order chi connectivity index (χ0) is 36.4. The largest absolute Gasteiger partial charge is 0.496 e. The topological polar surface area (TPSA) is 147 Å². The molecule has 1 heterocycles. The third kappa shape index (κ3) is 9.89. The number of pyridine rings is 1. The van der Waals surface area contributed by atoms with Crippen molar-refractivity contribution >= 4 is 17.7 Å². The molecule has 0 saturated heterocycles. The summed E-state index contributed by atoms with van der Waals surface area (Å²) in [7, 11) is 1.64. The Bertz CT molecular complexity index is 1830. The van der Waals surface area contributed by atoms with Crippen LogP contribution in [0.1, 0.15) is 54.7 Å². The molecule has 12 heteroatoms. The number of ether oxygens (including phenoxy) is 5. The van der Waals surface area contributed by atoms with Crippen molar-refractivity contribution in [2.24, 2.45) is 5.41 Å². The van der Waals surface area contributed by atoms with Crippen molar-refractivity contribution in [1.82, 2.24) is 9.88 Å². The maximum Gasteiger partial charge on any atom is 0.404 e. The minimum Gasteiger partial charge on any atom is -0.496 e. The summed E-state index contributed by atoms with van der Waals surface area (Å²) < 4.78 is 30.3. The highest BCUT2D eigenvalue weighted by Crippen LogP contribution is 2.38. The van der Waals surface area contributed by atoms with Gasteiger partial charge in [-0.2, -0.15) is 0 Å². The molecule has 2 unspecified atom stereocenters. The van der Waals surface area contributed by atoms with E-state index < -0.39 is 12.0 Å². The van der Waals surface area contributed by atoms with Crippen LogP contribution in [0, 0.1) is 5.41 Å². The van der Waals surface area contributed by atoms with Gasteiger partial charge in [-0.3, -0.25) is 9.59 Å². The number of rotatable bonds is 16. The van der Waals surface area contributed by atoms with Gasteiger partial charge in [0.05, 0.1) is 39.1 Å². The number of carboxylic acid groups (broad SMARTS) is 1. The van der Waals surface area contributed by atoms with E-state index in [1.807, 2.05) is 39.0 Å².